The summed E-state index contributed by atoms with van der Waals surface area (Å²) in [6, 6.07) is 14.8. The molecule has 0 aromatic heterocycles. The van der Waals surface area contributed by atoms with Gasteiger partial charge in [-0.1, -0.05) is 38.1 Å². The van der Waals surface area contributed by atoms with E-state index in [1.165, 1.54) is 11.1 Å². The molecule has 21 heavy (non-hydrogen) atoms. The molecular formula is C19H25NO. The van der Waals surface area contributed by atoms with Gasteiger partial charge < -0.3 is 10.5 Å². The summed E-state index contributed by atoms with van der Waals surface area (Å²) in [5, 5.41) is 0. The van der Waals surface area contributed by atoms with E-state index < -0.39 is 0 Å². The number of hydrogen-bond donors (Lipinski definition) is 1. The Morgan fingerprint density at radius 1 is 1.00 bits per heavy atom. The van der Waals surface area contributed by atoms with Crippen LogP contribution in [0.3, 0.4) is 0 Å². The van der Waals surface area contributed by atoms with Crippen molar-refractivity contribution in [3.63, 3.8) is 0 Å². The number of benzene rings is 2. The average Bonchev–Trinajstić information content (AvgIpc) is 2.42. The van der Waals surface area contributed by atoms with Crippen LogP contribution in [-0.4, -0.2) is 6.04 Å². The lowest BCUT2D eigenvalue weighted by Gasteiger charge is -2.13. The van der Waals surface area contributed by atoms with E-state index in [2.05, 4.69) is 51.1 Å². The molecule has 0 aliphatic carbocycles. The van der Waals surface area contributed by atoms with Gasteiger partial charge in [-0.2, -0.15) is 0 Å². The fraction of sp³-hybridized carbons (Fsp3) is 0.368. The van der Waals surface area contributed by atoms with Crippen LogP contribution in [0.4, 0.5) is 0 Å². The van der Waals surface area contributed by atoms with Crippen LogP contribution in [-0.2, 0) is 6.42 Å². The topological polar surface area (TPSA) is 35.2 Å². The number of nitrogens with two attached hydrogens (primary N) is 1. The average molecular weight is 283 g/mol. The zero-order valence-corrected chi connectivity index (χ0v) is 13.4. The lowest BCUT2D eigenvalue weighted by molar-refractivity contribution is 0.477. The molecule has 1 atom stereocenters. The monoisotopic (exact) mass is 283 g/mol. The first-order valence-corrected chi connectivity index (χ1v) is 7.58. The maximum Gasteiger partial charge on any atom is 0.130 e. The predicted octanol–water partition coefficient (Wildman–Crippen LogP) is 4.80. The van der Waals surface area contributed by atoms with E-state index >= 15 is 0 Å². The highest BCUT2D eigenvalue weighted by Gasteiger charge is 2.06. The van der Waals surface area contributed by atoms with Crippen molar-refractivity contribution < 1.29 is 4.74 Å². The van der Waals surface area contributed by atoms with Gasteiger partial charge in [-0.3, -0.25) is 0 Å². The van der Waals surface area contributed by atoms with Crippen LogP contribution >= 0.6 is 0 Å². The summed E-state index contributed by atoms with van der Waals surface area (Å²) in [4.78, 5) is 0. The Hall–Kier alpha value is -1.80. The molecule has 0 aliphatic rings. The van der Waals surface area contributed by atoms with Gasteiger partial charge >= 0.3 is 0 Å². The first kappa shape index (κ1) is 15.6. The highest BCUT2D eigenvalue weighted by atomic mass is 16.5. The Balaban J connectivity index is 2.16. The van der Waals surface area contributed by atoms with Crippen molar-refractivity contribution in [2.45, 2.75) is 46.1 Å². The zero-order valence-electron chi connectivity index (χ0n) is 13.4. The zero-order chi connectivity index (χ0) is 15.4. The molecule has 0 saturated carbocycles. The number of ether oxygens (including phenoxy) is 1. The molecule has 0 aliphatic heterocycles. The standard InChI is InChI=1S/C19H25NO/c1-13(2)17-8-5-14(3)19(12-17)21-18-9-6-16(7-10-18)11-15(4)20/h5-10,12-13,15H,11,20H2,1-4H3. The minimum absolute atomic E-state index is 0.182. The van der Waals surface area contributed by atoms with Gasteiger partial charge in [0, 0.05) is 6.04 Å². The highest BCUT2D eigenvalue weighted by Crippen LogP contribution is 2.28. The summed E-state index contributed by atoms with van der Waals surface area (Å²) in [5.41, 5.74) is 9.51. The van der Waals surface area contributed by atoms with Crippen molar-refractivity contribution in [1.82, 2.24) is 0 Å². The molecule has 2 aromatic rings. The summed E-state index contributed by atoms with van der Waals surface area (Å²) < 4.78 is 6.03. The summed E-state index contributed by atoms with van der Waals surface area (Å²) in [5.74, 6) is 2.30. The third kappa shape index (κ3) is 4.33. The quantitative estimate of drug-likeness (QED) is 0.855. The maximum absolute atomic E-state index is 6.03. The van der Waals surface area contributed by atoms with Crippen LogP contribution in [0, 0.1) is 6.92 Å². The van der Waals surface area contributed by atoms with E-state index in [9.17, 15) is 0 Å². The van der Waals surface area contributed by atoms with Crippen LogP contribution < -0.4 is 10.5 Å². The fourth-order valence-electron chi connectivity index (χ4n) is 2.28. The molecule has 0 radical (unpaired) electrons. The van der Waals surface area contributed by atoms with Crippen molar-refractivity contribution in [2.24, 2.45) is 5.73 Å². The summed E-state index contributed by atoms with van der Waals surface area (Å²) in [6.07, 6.45) is 0.891. The van der Waals surface area contributed by atoms with Gasteiger partial charge in [0.1, 0.15) is 11.5 Å². The van der Waals surface area contributed by atoms with Crippen LogP contribution in [0.15, 0.2) is 42.5 Å². The predicted molar refractivity (Wildman–Crippen MR) is 89.1 cm³/mol. The fourth-order valence-corrected chi connectivity index (χ4v) is 2.28. The number of aryl methyl sites for hydroxylation is 1. The van der Waals surface area contributed by atoms with E-state index in [4.69, 9.17) is 10.5 Å². The smallest absolute Gasteiger partial charge is 0.130 e. The summed E-state index contributed by atoms with van der Waals surface area (Å²) >= 11 is 0. The van der Waals surface area contributed by atoms with E-state index in [0.29, 0.717) is 5.92 Å². The molecule has 0 heterocycles. The first-order valence-electron chi connectivity index (χ1n) is 7.58. The van der Waals surface area contributed by atoms with Crippen molar-refractivity contribution in [1.29, 1.82) is 0 Å². The second-order valence-electron chi connectivity index (χ2n) is 6.11. The first-order chi connectivity index (χ1) is 9.95. The summed E-state index contributed by atoms with van der Waals surface area (Å²) in [7, 11) is 0. The molecular weight excluding hydrogens is 258 g/mol. The maximum atomic E-state index is 6.03. The van der Waals surface area contributed by atoms with Crippen LogP contribution in [0.25, 0.3) is 0 Å². The van der Waals surface area contributed by atoms with Crippen molar-refractivity contribution in [2.75, 3.05) is 0 Å². The molecule has 0 fully saturated rings. The van der Waals surface area contributed by atoms with Gasteiger partial charge in [-0.15, -0.1) is 0 Å². The Morgan fingerprint density at radius 2 is 1.67 bits per heavy atom. The summed E-state index contributed by atoms with van der Waals surface area (Å²) in [6.45, 7) is 8.48. The second-order valence-corrected chi connectivity index (χ2v) is 6.11. The van der Waals surface area contributed by atoms with Gasteiger partial charge in [0.15, 0.2) is 0 Å². The molecule has 0 bridgehead atoms. The Morgan fingerprint density at radius 3 is 2.24 bits per heavy atom. The van der Waals surface area contributed by atoms with E-state index in [-0.39, 0.29) is 6.04 Å². The molecule has 112 valence electrons. The van der Waals surface area contributed by atoms with Gasteiger partial charge in [-0.05, 0) is 61.1 Å². The van der Waals surface area contributed by atoms with Gasteiger partial charge in [0.2, 0.25) is 0 Å². The van der Waals surface area contributed by atoms with E-state index in [1.54, 1.807) is 0 Å². The van der Waals surface area contributed by atoms with Crippen LogP contribution in [0.2, 0.25) is 0 Å². The highest BCUT2D eigenvalue weighted by molar-refractivity contribution is 5.41. The molecule has 1 unspecified atom stereocenters. The van der Waals surface area contributed by atoms with Crippen LogP contribution in [0.1, 0.15) is 43.4 Å². The molecule has 2 N–H and O–H groups in total. The van der Waals surface area contributed by atoms with Crippen molar-refractivity contribution in [3.8, 4) is 11.5 Å². The lowest BCUT2D eigenvalue weighted by atomic mass is 10.0. The Kier molecular flexibility index (Phi) is 5.03. The second kappa shape index (κ2) is 6.77. The lowest BCUT2D eigenvalue weighted by Crippen LogP contribution is -2.17. The van der Waals surface area contributed by atoms with Crippen LogP contribution in [0.5, 0.6) is 11.5 Å². The van der Waals surface area contributed by atoms with E-state index in [0.717, 1.165) is 23.5 Å². The largest absolute Gasteiger partial charge is 0.457 e. The minimum Gasteiger partial charge on any atom is -0.457 e. The van der Waals surface area contributed by atoms with Gasteiger partial charge in [0.05, 0.1) is 0 Å². The number of hydrogen-bond acceptors (Lipinski definition) is 2. The molecule has 0 amide bonds. The third-order valence-electron chi connectivity index (χ3n) is 3.59. The molecule has 2 rings (SSSR count). The third-order valence-corrected chi connectivity index (χ3v) is 3.59. The Labute approximate surface area is 127 Å². The molecule has 2 nitrogen and oxygen atoms in total. The molecule has 2 aromatic carbocycles. The number of rotatable bonds is 5. The van der Waals surface area contributed by atoms with Gasteiger partial charge in [0.25, 0.3) is 0 Å². The van der Waals surface area contributed by atoms with Crippen molar-refractivity contribution >= 4 is 0 Å². The normalized spacial score (nSPS) is 12.5. The molecule has 0 saturated heterocycles. The molecule has 2 heteroatoms. The SMILES string of the molecule is Cc1ccc(C(C)C)cc1Oc1ccc(CC(C)N)cc1. The van der Waals surface area contributed by atoms with Gasteiger partial charge in [-0.25, -0.2) is 0 Å². The van der Waals surface area contributed by atoms with E-state index in [1.807, 2.05) is 19.1 Å². The molecule has 0 spiro atoms. The van der Waals surface area contributed by atoms with Crippen molar-refractivity contribution in [3.05, 3.63) is 59.2 Å². The minimum atomic E-state index is 0.182. The Bertz CT molecular complexity index is 585.